The summed E-state index contributed by atoms with van der Waals surface area (Å²) in [5.41, 5.74) is -0.294. The molecule has 1 aromatic carbocycles. The molecule has 2 rings (SSSR count). The summed E-state index contributed by atoms with van der Waals surface area (Å²) < 4.78 is 25.7. The van der Waals surface area contributed by atoms with Crippen LogP contribution in [-0.4, -0.2) is 117 Å². The normalized spacial score (nSPS) is 15.3. The topological polar surface area (TPSA) is 107 Å². The van der Waals surface area contributed by atoms with E-state index in [-0.39, 0.29) is 16.2 Å². The minimum absolute atomic E-state index is 0.106. The largest absolute Gasteiger partial charge is 0.369 e. The molecule has 0 spiro atoms. The van der Waals surface area contributed by atoms with Crippen molar-refractivity contribution in [1.29, 1.82) is 0 Å². The van der Waals surface area contributed by atoms with Crippen LogP contribution in [0.25, 0.3) is 0 Å². The first-order chi connectivity index (χ1) is 16.0. The van der Waals surface area contributed by atoms with Crippen molar-refractivity contribution in [2.24, 2.45) is 0 Å². The average Bonchev–Trinajstić information content (AvgIpc) is 2.81. The van der Waals surface area contributed by atoms with Crippen LogP contribution in [0.1, 0.15) is 17.3 Å². The van der Waals surface area contributed by atoms with Gasteiger partial charge in [0.05, 0.1) is 21.3 Å². The number of anilines is 1. The molecule has 0 bridgehead atoms. The number of amides is 1. The van der Waals surface area contributed by atoms with Gasteiger partial charge in [0.25, 0.3) is 11.6 Å². The first-order valence-electron chi connectivity index (χ1n) is 11.1. The van der Waals surface area contributed by atoms with Crippen LogP contribution in [0.2, 0.25) is 0 Å². The number of piperazine rings is 1. The number of nitrogens with zero attached hydrogens (tertiary/aromatic N) is 5. The number of nitro groups is 1. The summed E-state index contributed by atoms with van der Waals surface area (Å²) in [7, 11) is -0.0824. The number of likely N-dealkylation sites (N-methyl/N-ethyl adjacent to an activating group) is 2. The molecule has 1 heterocycles. The maximum atomic E-state index is 13.3. The van der Waals surface area contributed by atoms with E-state index in [1.165, 1.54) is 17.9 Å². The summed E-state index contributed by atoms with van der Waals surface area (Å²) in [6.45, 7) is 7.24. The molecular formula is C21H33Br2N5O5S. The molecular weight excluding hydrogens is 594 g/mol. The second kappa shape index (κ2) is 13.1. The molecule has 192 valence electrons. The van der Waals surface area contributed by atoms with Gasteiger partial charge in [-0.05, 0) is 13.1 Å². The number of hydrogen-bond acceptors (Lipinski definition) is 8. The lowest BCUT2D eigenvalue weighted by molar-refractivity contribution is -0.385. The third kappa shape index (κ3) is 7.36. The number of carbonyl (C=O) groups excluding carboxylic acids is 1. The zero-order valence-electron chi connectivity index (χ0n) is 19.9. The van der Waals surface area contributed by atoms with Gasteiger partial charge in [-0.3, -0.25) is 19.8 Å². The Bertz CT molecular complexity index is 965. The van der Waals surface area contributed by atoms with Gasteiger partial charge >= 0.3 is 0 Å². The minimum Gasteiger partial charge on any atom is -0.369 e. The number of sulfone groups is 1. The highest BCUT2D eigenvalue weighted by Gasteiger charge is 2.31. The zero-order valence-corrected chi connectivity index (χ0v) is 23.9. The van der Waals surface area contributed by atoms with Crippen molar-refractivity contribution in [3.63, 3.8) is 0 Å². The van der Waals surface area contributed by atoms with Gasteiger partial charge in [0, 0.05) is 76.1 Å². The van der Waals surface area contributed by atoms with Crippen LogP contribution in [0.3, 0.4) is 0 Å². The van der Waals surface area contributed by atoms with Crippen LogP contribution in [-0.2, 0) is 9.84 Å². The van der Waals surface area contributed by atoms with Gasteiger partial charge < -0.3 is 14.7 Å². The number of halogens is 2. The number of nitro benzene ring substituents is 1. The lowest BCUT2D eigenvalue weighted by Gasteiger charge is -2.33. The van der Waals surface area contributed by atoms with Crippen molar-refractivity contribution in [2.75, 3.05) is 87.8 Å². The summed E-state index contributed by atoms with van der Waals surface area (Å²) in [4.78, 5) is 32.2. The SMILES string of the molecule is CCS(=O)(=O)c1cc([N+](=O)[O-])c(C(=O)N(C)CCN2CCN(C)CC2)cc1N(CCBr)CCBr. The van der Waals surface area contributed by atoms with Crippen molar-refractivity contribution in [3.05, 3.63) is 27.8 Å². The molecule has 13 heteroatoms. The van der Waals surface area contributed by atoms with Gasteiger partial charge in [0.1, 0.15) is 5.56 Å². The molecule has 1 aliphatic rings. The number of rotatable bonds is 12. The fraction of sp³-hybridized carbons (Fsp3) is 0.667. The molecule has 1 fully saturated rings. The van der Waals surface area contributed by atoms with Crippen molar-refractivity contribution in [3.8, 4) is 0 Å². The number of hydrogen-bond donors (Lipinski definition) is 0. The summed E-state index contributed by atoms with van der Waals surface area (Å²) >= 11 is 6.76. The van der Waals surface area contributed by atoms with Gasteiger partial charge in [0.15, 0.2) is 9.84 Å². The lowest BCUT2D eigenvalue weighted by atomic mass is 10.1. The highest BCUT2D eigenvalue weighted by atomic mass is 79.9. The van der Waals surface area contributed by atoms with E-state index >= 15 is 0 Å². The molecule has 34 heavy (non-hydrogen) atoms. The van der Waals surface area contributed by atoms with Crippen LogP contribution in [0.5, 0.6) is 0 Å². The van der Waals surface area contributed by atoms with E-state index in [9.17, 15) is 23.3 Å². The predicted octanol–water partition coefficient (Wildman–Crippen LogP) is 2.30. The molecule has 0 atom stereocenters. The molecule has 0 aromatic heterocycles. The van der Waals surface area contributed by atoms with Crippen molar-refractivity contribution >= 4 is 59.0 Å². The quantitative estimate of drug-likeness (QED) is 0.198. The van der Waals surface area contributed by atoms with Crippen LogP contribution < -0.4 is 4.90 Å². The van der Waals surface area contributed by atoms with Gasteiger partial charge in [-0.1, -0.05) is 38.8 Å². The smallest absolute Gasteiger partial charge is 0.283 e. The van der Waals surface area contributed by atoms with E-state index < -0.39 is 26.4 Å². The van der Waals surface area contributed by atoms with Gasteiger partial charge in [-0.25, -0.2) is 8.42 Å². The number of carbonyl (C=O) groups is 1. The first kappa shape index (κ1) is 29.0. The lowest BCUT2D eigenvalue weighted by Crippen LogP contribution is -2.47. The minimum atomic E-state index is -3.77. The van der Waals surface area contributed by atoms with Gasteiger partial charge in [-0.15, -0.1) is 0 Å². The Kier molecular flexibility index (Phi) is 11.2. The Morgan fingerprint density at radius 3 is 2.21 bits per heavy atom. The van der Waals surface area contributed by atoms with Crippen LogP contribution in [0, 0.1) is 10.1 Å². The summed E-state index contributed by atoms with van der Waals surface area (Å²) in [5.74, 6) is -0.702. The molecule has 0 N–H and O–H groups in total. The summed E-state index contributed by atoms with van der Waals surface area (Å²) in [5, 5.41) is 13.0. The standard InChI is InChI=1S/C21H33Br2N5O5S/c1-4-34(32,33)20-16-18(28(30)31)17(15-19(20)27(7-5-22)8-6-23)21(29)25(3)11-14-26-12-9-24(2)10-13-26/h15-16H,4-14H2,1-3H3. The first-order valence-corrected chi connectivity index (χ1v) is 15.0. The van der Waals surface area contributed by atoms with E-state index in [1.807, 2.05) is 4.90 Å². The van der Waals surface area contributed by atoms with E-state index in [0.717, 1.165) is 32.2 Å². The zero-order chi connectivity index (χ0) is 25.5. The fourth-order valence-electron chi connectivity index (χ4n) is 3.76. The third-order valence-electron chi connectivity index (χ3n) is 5.96. The molecule has 1 saturated heterocycles. The van der Waals surface area contributed by atoms with E-state index in [0.29, 0.717) is 42.5 Å². The van der Waals surface area contributed by atoms with Crippen molar-refractivity contribution in [2.45, 2.75) is 11.8 Å². The second-order valence-corrected chi connectivity index (χ2v) is 12.1. The molecule has 1 aromatic rings. The maximum absolute atomic E-state index is 13.3. The Balaban J connectivity index is 2.45. The third-order valence-corrected chi connectivity index (χ3v) is 8.43. The molecule has 10 nitrogen and oxygen atoms in total. The van der Waals surface area contributed by atoms with Crippen LogP contribution in [0.15, 0.2) is 17.0 Å². The predicted molar refractivity (Wildman–Crippen MR) is 142 cm³/mol. The van der Waals surface area contributed by atoms with E-state index in [1.54, 1.807) is 7.05 Å². The molecule has 0 radical (unpaired) electrons. The Hall–Kier alpha value is -1.28. The Morgan fingerprint density at radius 2 is 1.71 bits per heavy atom. The van der Waals surface area contributed by atoms with Crippen molar-refractivity contribution < 1.29 is 18.1 Å². The molecule has 1 aliphatic heterocycles. The fourth-order valence-corrected chi connectivity index (χ4v) is 5.72. The van der Waals surface area contributed by atoms with Gasteiger partial charge in [0.2, 0.25) is 0 Å². The van der Waals surface area contributed by atoms with Crippen LogP contribution >= 0.6 is 31.9 Å². The number of alkyl halides is 2. The average molecular weight is 627 g/mol. The number of benzene rings is 1. The monoisotopic (exact) mass is 625 g/mol. The highest BCUT2D eigenvalue weighted by molar-refractivity contribution is 9.09. The van der Waals surface area contributed by atoms with E-state index in [4.69, 9.17) is 0 Å². The van der Waals surface area contributed by atoms with E-state index in [2.05, 4.69) is 48.7 Å². The van der Waals surface area contributed by atoms with Crippen molar-refractivity contribution in [1.82, 2.24) is 14.7 Å². The maximum Gasteiger partial charge on any atom is 0.283 e. The molecule has 0 saturated carbocycles. The van der Waals surface area contributed by atoms with Gasteiger partial charge in [-0.2, -0.15) is 0 Å². The Labute approximate surface area is 218 Å². The highest BCUT2D eigenvalue weighted by Crippen LogP contribution is 2.34. The molecule has 1 amide bonds. The summed E-state index contributed by atoms with van der Waals surface area (Å²) in [6, 6.07) is 2.42. The van der Waals surface area contributed by atoms with Crippen LogP contribution in [0.4, 0.5) is 11.4 Å². The summed E-state index contributed by atoms with van der Waals surface area (Å²) in [6.07, 6.45) is 0. The molecule has 0 aliphatic carbocycles. The molecule has 0 unspecified atom stereocenters. The Morgan fingerprint density at radius 1 is 1.12 bits per heavy atom. The second-order valence-electron chi connectivity index (χ2n) is 8.23.